The van der Waals surface area contributed by atoms with Crippen LogP contribution in [0.2, 0.25) is 0 Å². The molecule has 4 heteroatoms. The highest BCUT2D eigenvalue weighted by molar-refractivity contribution is 5.41. The van der Waals surface area contributed by atoms with Crippen LogP contribution in [0.1, 0.15) is 11.1 Å². The molecule has 1 N–H and O–H groups in total. The monoisotopic (exact) mass is 197 g/mol. The molecule has 2 rings (SSSR count). The van der Waals surface area contributed by atoms with Crippen LogP contribution >= 0.6 is 0 Å². The number of hydrogen-bond acceptors (Lipinski definition) is 3. The van der Waals surface area contributed by atoms with Crippen LogP contribution in [0.3, 0.4) is 0 Å². The Hall–Kier alpha value is -1.13. The molecule has 0 aliphatic carbocycles. The van der Waals surface area contributed by atoms with E-state index < -0.39 is 0 Å². The van der Waals surface area contributed by atoms with Crippen molar-refractivity contribution in [3.05, 3.63) is 29.1 Å². The van der Waals surface area contributed by atoms with Crippen molar-refractivity contribution in [2.75, 3.05) is 13.7 Å². The zero-order valence-corrected chi connectivity index (χ0v) is 7.97. The Balaban J connectivity index is 2.26. The molecule has 0 fully saturated rings. The van der Waals surface area contributed by atoms with Crippen LogP contribution in [0.25, 0.3) is 0 Å². The van der Waals surface area contributed by atoms with E-state index in [0.29, 0.717) is 36.4 Å². The van der Waals surface area contributed by atoms with Gasteiger partial charge in [-0.1, -0.05) is 6.07 Å². The van der Waals surface area contributed by atoms with Crippen molar-refractivity contribution in [2.45, 2.75) is 13.0 Å². The zero-order valence-electron chi connectivity index (χ0n) is 7.97. The van der Waals surface area contributed by atoms with Gasteiger partial charge in [0.05, 0.1) is 13.7 Å². The number of rotatable bonds is 3. The maximum Gasteiger partial charge on any atom is 0.134 e. The third-order valence-electron chi connectivity index (χ3n) is 2.30. The molecule has 1 heterocycles. The quantitative estimate of drug-likeness (QED) is 0.743. The summed E-state index contributed by atoms with van der Waals surface area (Å²) in [4.78, 5) is 4.67. The van der Waals surface area contributed by atoms with Gasteiger partial charge in [0.1, 0.15) is 11.6 Å². The number of hydroxylamine groups is 1. The number of nitrogens with one attached hydrogen (secondary N) is 1. The van der Waals surface area contributed by atoms with E-state index in [2.05, 4.69) is 10.3 Å². The highest BCUT2D eigenvalue weighted by atomic mass is 19.1. The van der Waals surface area contributed by atoms with Gasteiger partial charge >= 0.3 is 0 Å². The number of benzene rings is 1. The van der Waals surface area contributed by atoms with Gasteiger partial charge in [-0.25, -0.2) is 4.39 Å². The highest BCUT2D eigenvalue weighted by Crippen LogP contribution is 2.29. The van der Waals surface area contributed by atoms with E-state index in [4.69, 9.17) is 4.74 Å². The summed E-state index contributed by atoms with van der Waals surface area (Å²) < 4.78 is 19.0. The fourth-order valence-corrected chi connectivity index (χ4v) is 1.57. The van der Waals surface area contributed by atoms with Gasteiger partial charge in [0.15, 0.2) is 0 Å². The van der Waals surface area contributed by atoms with E-state index in [1.165, 1.54) is 7.11 Å². The molecule has 76 valence electrons. The lowest BCUT2D eigenvalue weighted by atomic mass is 10.1. The molecule has 1 aromatic carbocycles. The molecular formula is C10H12FNO2. The number of hydrogen-bond donors (Lipinski definition) is 1. The van der Waals surface area contributed by atoms with Crippen LogP contribution in [-0.2, 0) is 17.8 Å². The number of halogens is 1. The summed E-state index contributed by atoms with van der Waals surface area (Å²) in [5.74, 6) is 0.494. The van der Waals surface area contributed by atoms with Crippen molar-refractivity contribution in [2.24, 2.45) is 0 Å². The van der Waals surface area contributed by atoms with Crippen LogP contribution in [0, 0.1) is 5.82 Å². The van der Waals surface area contributed by atoms with Crippen LogP contribution in [0.5, 0.6) is 5.75 Å². The molecule has 1 aromatic rings. The SMILES string of the molecule is CONCc1ccc2c(c1F)CCO2. The third kappa shape index (κ3) is 1.58. The summed E-state index contributed by atoms with van der Waals surface area (Å²) in [7, 11) is 1.51. The van der Waals surface area contributed by atoms with E-state index in [0.717, 1.165) is 0 Å². The smallest absolute Gasteiger partial charge is 0.134 e. The minimum atomic E-state index is -0.176. The van der Waals surface area contributed by atoms with E-state index in [1.807, 2.05) is 0 Å². The van der Waals surface area contributed by atoms with Gasteiger partial charge in [0.25, 0.3) is 0 Å². The van der Waals surface area contributed by atoms with Crippen LogP contribution < -0.4 is 10.2 Å². The molecular weight excluding hydrogens is 185 g/mol. The largest absolute Gasteiger partial charge is 0.493 e. The summed E-state index contributed by atoms with van der Waals surface area (Å²) in [6, 6.07) is 3.52. The molecule has 0 saturated carbocycles. The minimum Gasteiger partial charge on any atom is -0.493 e. The van der Waals surface area contributed by atoms with Crippen LogP contribution in [-0.4, -0.2) is 13.7 Å². The van der Waals surface area contributed by atoms with E-state index >= 15 is 0 Å². The molecule has 0 radical (unpaired) electrons. The van der Waals surface area contributed by atoms with Gasteiger partial charge in [-0.2, -0.15) is 5.48 Å². The highest BCUT2D eigenvalue weighted by Gasteiger charge is 2.18. The second kappa shape index (κ2) is 3.94. The summed E-state index contributed by atoms with van der Waals surface area (Å²) in [5.41, 5.74) is 3.90. The first kappa shape index (κ1) is 9.43. The van der Waals surface area contributed by atoms with Gasteiger partial charge in [-0.3, -0.25) is 0 Å². The Morgan fingerprint density at radius 1 is 1.57 bits per heavy atom. The molecule has 0 spiro atoms. The molecule has 0 aromatic heterocycles. The van der Waals surface area contributed by atoms with E-state index in [9.17, 15) is 4.39 Å². The maximum absolute atomic E-state index is 13.7. The zero-order chi connectivity index (χ0) is 9.97. The van der Waals surface area contributed by atoms with Crippen molar-refractivity contribution < 1.29 is 14.0 Å². The van der Waals surface area contributed by atoms with Gasteiger partial charge in [-0.05, 0) is 6.07 Å². The first-order valence-electron chi connectivity index (χ1n) is 4.52. The summed E-state index contributed by atoms with van der Waals surface area (Å²) in [6.45, 7) is 0.947. The first-order chi connectivity index (χ1) is 6.83. The Morgan fingerprint density at radius 3 is 3.21 bits per heavy atom. The van der Waals surface area contributed by atoms with Gasteiger partial charge < -0.3 is 9.57 Å². The Morgan fingerprint density at radius 2 is 2.43 bits per heavy atom. The van der Waals surface area contributed by atoms with Gasteiger partial charge in [0.2, 0.25) is 0 Å². The predicted molar refractivity (Wildman–Crippen MR) is 49.4 cm³/mol. The fourth-order valence-electron chi connectivity index (χ4n) is 1.57. The fraction of sp³-hybridized carbons (Fsp3) is 0.400. The maximum atomic E-state index is 13.7. The van der Waals surface area contributed by atoms with Crippen molar-refractivity contribution in [1.29, 1.82) is 0 Å². The molecule has 0 atom stereocenters. The van der Waals surface area contributed by atoms with Crippen LogP contribution in [0.15, 0.2) is 12.1 Å². The molecule has 3 nitrogen and oxygen atoms in total. The summed E-state index contributed by atoms with van der Waals surface area (Å²) in [5, 5.41) is 0. The number of ether oxygens (including phenoxy) is 1. The molecule has 0 bridgehead atoms. The molecule has 0 unspecified atom stereocenters. The van der Waals surface area contributed by atoms with Crippen LogP contribution in [0.4, 0.5) is 4.39 Å². The van der Waals surface area contributed by atoms with E-state index in [-0.39, 0.29) is 5.82 Å². The van der Waals surface area contributed by atoms with Gasteiger partial charge in [-0.15, -0.1) is 0 Å². The van der Waals surface area contributed by atoms with E-state index in [1.54, 1.807) is 12.1 Å². The average Bonchev–Trinajstić information content (AvgIpc) is 2.66. The first-order valence-corrected chi connectivity index (χ1v) is 4.52. The molecule has 1 aliphatic rings. The Kier molecular flexibility index (Phi) is 2.65. The second-order valence-electron chi connectivity index (χ2n) is 3.14. The third-order valence-corrected chi connectivity index (χ3v) is 2.30. The minimum absolute atomic E-state index is 0.176. The Labute approximate surface area is 81.8 Å². The topological polar surface area (TPSA) is 30.5 Å². The summed E-state index contributed by atoms with van der Waals surface area (Å²) >= 11 is 0. The normalized spacial score (nSPS) is 13.9. The standard InChI is InChI=1S/C10H12FNO2/c1-13-12-6-7-2-3-9-8(10(7)11)4-5-14-9/h2-3,12H,4-6H2,1H3. The van der Waals surface area contributed by atoms with Crippen molar-refractivity contribution in [3.63, 3.8) is 0 Å². The lowest BCUT2D eigenvalue weighted by Crippen LogP contribution is -2.12. The molecule has 0 saturated heterocycles. The lowest BCUT2D eigenvalue weighted by Gasteiger charge is -2.06. The van der Waals surface area contributed by atoms with Crippen molar-refractivity contribution in [3.8, 4) is 5.75 Å². The van der Waals surface area contributed by atoms with Crippen molar-refractivity contribution in [1.82, 2.24) is 5.48 Å². The second-order valence-corrected chi connectivity index (χ2v) is 3.14. The average molecular weight is 197 g/mol. The molecule has 14 heavy (non-hydrogen) atoms. The predicted octanol–water partition coefficient (Wildman–Crippen LogP) is 1.41. The Bertz CT molecular complexity index is 341. The van der Waals surface area contributed by atoms with Gasteiger partial charge in [0, 0.05) is 24.1 Å². The van der Waals surface area contributed by atoms with Crippen molar-refractivity contribution >= 4 is 0 Å². The molecule has 0 amide bonds. The number of fused-ring (bicyclic) bond motifs is 1. The lowest BCUT2D eigenvalue weighted by molar-refractivity contribution is 0.0859. The molecule has 1 aliphatic heterocycles. The summed E-state index contributed by atoms with van der Waals surface area (Å²) in [6.07, 6.45) is 0.655.